The minimum Gasteiger partial charge on any atom is -0.464 e. The maximum absolute atomic E-state index is 5.65. The second-order valence-electron chi connectivity index (χ2n) is 3.82. The van der Waals surface area contributed by atoms with Crippen LogP contribution in [0.1, 0.15) is 12.5 Å². The monoisotopic (exact) mass is 343 g/mol. The fraction of sp³-hybridized carbons (Fsp3) is 0.364. The van der Waals surface area contributed by atoms with Crippen molar-refractivity contribution in [2.24, 2.45) is 0 Å². The quantitative estimate of drug-likeness (QED) is 0.897. The molecule has 0 unspecified atom stereocenters. The number of nitrogen functional groups attached to an aromatic ring is 1. The van der Waals surface area contributed by atoms with Gasteiger partial charge in [0.15, 0.2) is 0 Å². The van der Waals surface area contributed by atoms with Crippen molar-refractivity contribution in [2.45, 2.75) is 13.5 Å². The van der Waals surface area contributed by atoms with Gasteiger partial charge in [0.25, 0.3) is 0 Å². The van der Waals surface area contributed by atoms with E-state index >= 15 is 0 Å². The molecule has 2 rings (SSSR count). The topological polar surface area (TPSA) is 77.2 Å². The van der Waals surface area contributed by atoms with Crippen molar-refractivity contribution in [2.75, 3.05) is 24.3 Å². The van der Waals surface area contributed by atoms with Gasteiger partial charge in [-0.2, -0.15) is 15.0 Å². The van der Waals surface area contributed by atoms with E-state index in [2.05, 4.69) is 42.3 Å². The van der Waals surface area contributed by atoms with Crippen LogP contribution in [0.15, 0.2) is 15.2 Å². The van der Waals surface area contributed by atoms with Crippen LogP contribution in [0, 0.1) is 0 Å². The minimum atomic E-state index is 0.159. The summed E-state index contributed by atoms with van der Waals surface area (Å²) in [7, 11) is 1.90. The first-order valence-corrected chi connectivity index (χ1v) is 7.34. The van der Waals surface area contributed by atoms with Crippen molar-refractivity contribution in [1.29, 1.82) is 0 Å². The van der Waals surface area contributed by atoms with Crippen LogP contribution in [0.2, 0.25) is 0 Å². The van der Waals surface area contributed by atoms with Crippen LogP contribution < -0.4 is 15.4 Å². The summed E-state index contributed by atoms with van der Waals surface area (Å²) in [5.74, 6) is 0.657. The van der Waals surface area contributed by atoms with E-state index in [1.807, 2.05) is 18.9 Å². The fourth-order valence-electron chi connectivity index (χ4n) is 1.50. The molecule has 0 spiro atoms. The summed E-state index contributed by atoms with van der Waals surface area (Å²) in [4.78, 5) is 14.1. The molecule has 8 heteroatoms. The molecule has 0 bridgehead atoms. The molecule has 0 saturated carbocycles. The maximum Gasteiger partial charge on any atom is 0.323 e. The minimum absolute atomic E-state index is 0.159. The van der Waals surface area contributed by atoms with Crippen molar-refractivity contribution in [3.63, 3.8) is 0 Å². The van der Waals surface area contributed by atoms with Gasteiger partial charge in [-0.1, -0.05) is 0 Å². The summed E-state index contributed by atoms with van der Waals surface area (Å²) in [6.07, 6.45) is 0. The van der Waals surface area contributed by atoms with Gasteiger partial charge in [-0.15, -0.1) is 11.3 Å². The van der Waals surface area contributed by atoms with Crippen LogP contribution >= 0.6 is 27.3 Å². The lowest BCUT2D eigenvalue weighted by Gasteiger charge is -2.16. The van der Waals surface area contributed by atoms with E-state index in [-0.39, 0.29) is 12.0 Å². The predicted octanol–water partition coefficient (Wildman–Crippen LogP) is 2.31. The molecule has 2 aromatic heterocycles. The zero-order chi connectivity index (χ0) is 13.8. The van der Waals surface area contributed by atoms with Gasteiger partial charge in [0.1, 0.15) is 0 Å². The number of anilines is 2. The third-order valence-electron chi connectivity index (χ3n) is 2.28. The van der Waals surface area contributed by atoms with E-state index in [4.69, 9.17) is 10.5 Å². The number of aromatic nitrogens is 3. The van der Waals surface area contributed by atoms with Gasteiger partial charge < -0.3 is 15.4 Å². The van der Waals surface area contributed by atoms with E-state index in [0.29, 0.717) is 19.1 Å². The third-order valence-corrected chi connectivity index (χ3v) is 3.83. The summed E-state index contributed by atoms with van der Waals surface area (Å²) >= 11 is 5.08. The molecule has 0 aliphatic heterocycles. The number of thiophene rings is 1. The third kappa shape index (κ3) is 3.77. The van der Waals surface area contributed by atoms with Gasteiger partial charge in [-0.25, -0.2) is 0 Å². The highest BCUT2D eigenvalue weighted by atomic mass is 79.9. The molecule has 2 heterocycles. The molecular formula is C11H14BrN5OS. The smallest absolute Gasteiger partial charge is 0.323 e. The maximum atomic E-state index is 5.65. The second kappa shape index (κ2) is 6.16. The van der Waals surface area contributed by atoms with E-state index in [1.54, 1.807) is 11.3 Å². The molecule has 2 N–H and O–H groups in total. The first-order chi connectivity index (χ1) is 9.08. The van der Waals surface area contributed by atoms with E-state index in [1.165, 1.54) is 5.56 Å². The van der Waals surface area contributed by atoms with Crippen molar-refractivity contribution < 1.29 is 4.74 Å². The molecule has 19 heavy (non-hydrogen) atoms. The Morgan fingerprint density at radius 1 is 1.42 bits per heavy atom. The molecule has 0 atom stereocenters. The van der Waals surface area contributed by atoms with Gasteiger partial charge in [-0.05, 0) is 39.9 Å². The van der Waals surface area contributed by atoms with Crippen LogP contribution in [0.25, 0.3) is 0 Å². The lowest BCUT2D eigenvalue weighted by atomic mass is 10.3. The number of nitrogens with zero attached hydrogens (tertiary/aromatic N) is 4. The molecule has 0 amide bonds. The average Bonchev–Trinajstić information content (AvgIpc) is 2.74. The Balaban J connectivity index is 2.15. The molecule has 102 valence electrons. The largest absolute Gasteiger partial charge is 0.464 e. The highest BCUT2D eigenvalue weighted by Gasteiger charge is 2.10. The first kappa shape index (κ1) is 14.0. The van der Waals surface area contributed by atoms with Gasteiger partial charge in [0.2, 0.25) is 11.9 Å². The van der Waals surface area contributed by atoms with Gasteiger partial charge in [0.05, 0.1) is 10.4 Å². The second-order valence-corrected chi connectivity index (χ2v) is 6.11. The van der Waals surface area contributed by atoms with Crippen LogP contribution in [0.5, 0.6) is 6.01 Å². The van der Waals surface area contributed by atoms with Crippen molar-refractivity contribution in [3.8, 4) is 6.01 Å². The van der Waals surface area contributed by atoms with Crippen LogP contribution in [-0.2, 0) is 6.54 Å². The molecule has 0 fully saturated rings. The zero-order valence-corrected chi connectivity index (χ0v) is 13.0. The molecule has 0 saturated heterocycles. The lowest BCUT2D eigenvalue weighted by molar-refractivity contribution is 0.312. The number of halogens is 1. The summed E-state index contributed by atoms with van der Waals surface area (Å²) in [6.45, 7) is 3.05. The molecule has 2 aromatic rings. The van der Waals surface area contributed by atoms with Crippen LogP contribution in [0.3, 0.4) is 0 Å². The Morgan fingerprint density at radius 2 is 2.21 bits per heavy atom. The normalized spacial score (nSPS) is 10.5. The Kier molecular flexibility index (Phi) is 4.54. The summed E-state index contributed by atoms with van der Waals surface area (Å²) in [5, 5.41) is 2.08. The van der Waals surface area contributed by atoms with Crippen molar-refractivity contribution in [1.82, 2.24) is 15.0 Å². The number of ether oxygens (including phenoxy) is 1. The lowest BCUT2D eigenvalue weighted by Crippen LogP contribution is -2.20. The summed E-state index contributed by atoms with van der Waals surface area (Å²) in [6, 6.07) is 2.32. The Hall–Kier alpha value is -1.41. The van der Waals surface area contributed by atoms with E-state index in [9.17, 15) is 0 Å². The SMILES string of the molecule is CCOc1nc(N)nc(N(C)Cc2csc(Br)c2)n1. The average molecular weight is 344 g/mol. The standard InChI is InChI=1S/C11H14BrN5OS/c1-3-18-11-15-9(13)14-10(16-11)17(2)5-7-4-8(12)19-6-7/h4,6H,3,5H2,1-2H3,(H2,13,14,15,16). The number of rotatable bonds is 5. The van der Waals surface area contributed by atoms with Crippen LogP contribution in [-0.4, -0.2) is 28.6 Å². The predicted molar refractivity (Wildman–Crippen MR) is 79.5 cm³/mol. The molecule has 0 aliphatic carbocycles. The number of nitrogens with two attached hydrogens (primary N) is 1. The summed E-state index contributed by atoms with van der Waals surface area (Å²) in [5.41, 5.74) is 6.83. The van der Waals surface area contributed by atoms with Crippen molar-refractivity contribution in [3.05, 3.63) is 20.8 Å². The Labute approximate surface area is 123 Å². The van der Waals surface area contributed by atoms with Gasteiger partial charge in [-0.3, -0.25) is 0 Å². The fourth-order valence-corrected chi connectivity index (χ4v) is 2.70. The van der Waals surface area contributed by atoms with Gasteiger partial charge in [0, 0.05) is 13.6 Å². The first-order valence-electron chi connectivity index (χ1n) is 5.67. The molecule has 0 aliphatic rings. The number of hydrogen-bond donors (Lipinski definition) is 1. The molecular weight excluding hydrogens is 330 g/mol. The number of hydrogen-bond acceptors (Lipinski definition) is 7. The highest BCUT2D eigenvalue weighted by molar-refractivity contribution is 9.11. The Bertz CT molecular complexity index is 562. The highest BCUT2D eigenvalue weighted by Crippen LogP contribution is 2.22. The Morgan fingerprint density at radius 3 is 2.84 bits per heavy atom. The zero-order valence-electron chi connectivity index (χ0n) is 10.6. The van der Waals surface area contributed by atoms with Crippen molar-refractivity contribution >= 4 is 39.2 Å². The molecule has 0 aromatic carbocycles. The molecule has 6 nitrogen and oxygen atoms in total. The van der Waals surface area contributed by atoms with Gasteiger partial charge >= 0.3 is 6.01 Å². The van der Waals surface area contributed by atoms with E-state index in [0.717, 1.165) is 3.79 Å². The molecule has 0 radical (unpaired) electrons. The summed E-state index contributed by atoms with van der Waals surface area (Å²) < 4.78 is 6.36. The van der Waals surface area contributed by atoms with E-state index < -0.39 is 0 Å². The van der Waals surface area contributed by atoms with Crippen LogP contribution in [0.4, 0.5) is 11.9 Å².